The van der Waals surface area contributed by atoms with Gasteiger partial charge in [0.05, 0.1) is 18.5 Å². The summed E-state index contributed by atoms with van der Waals surface area (Å²) in [6, 6.07) is 17.2. The van der Waals surface area contributed by atoms with E-state index in [-0.39, 0.29) is 11.9 Å². The molecule has 1 heterocycles. The number of nitrogens with one attached hydrogen (secondary N) is 1. The van der Waals surface area contributed by atoms with Crippen molar-refractivity contribution in [2.24, 2.45) is 0 Å². The van der Waals surface area contributed by atoms with Crippen molar-refractivity contribution in [3.8, 4) is 0 Å². The normalized spacial score (nSPS) is 18.2. The summed E-state index contributed by atoms with van der Waals surface area (Å²) in [6.45, 7) is 3.94. The first-order valence-corrected chi connectivity index (χ1v) is 11.7. The first-order chi connectivity index (χ1) is 13.5. The number of sulfonamides is 1. The van der Waals surface area contributed by atoms with Gasteiger partial charge in [0.1, 0.15) is 0 Å². The third-order valence-corrected chi connectivity index (χ3v) is 6.42. The molecule has 1 fully saturated rings. The van der Waals surface area contributed by atoms with Crippen molar-refractivity contribution >= 4 is 21.6 Å². The number of ether oxygens (including phenoxy) is 1. The second-order valence-corrected chi connectivity index (χ2v) is 9.30. The summed E-state index contributed by atoms with van der Waals surface area (Å²) in [5.41, 5.74) is 1.94. The first-order valence-electron chi connectivity index (χ1n) is 9.62. The quantitative estimate of drug-likeness (QED) is 0.627. The fourth-order valence-electron chi connectivity index (χ4n) is 3.31. The van der Waals surface area contributed by atoms with Crippen LogP contribution < -0.4 is 4.72 Å². The van der Waals surface area contributed by atoms with Crippen molar-refractivity contribution in [1.29, 1.82) is 0 Å². The van der Waals surface area contributed by atoms with E-state index in [0.29, 0.717) is 11.6 Å². The van der Waals surface area contributed by atoms with E-state index in [4.69, 9.17) is 16.3 Å². The van der Waals surface area contributed by atoms with Gasteiger partial charge in [-0.15, -0.1) is 0 Å². The lowest BCUT2D eigenvalue weighted by Crippen LogP contribution is -2.39. The molecule has 0 spiro atoms. The predicted octanol–water partition coefficient (Wildman–Crippen LogP) is 3.61. The minimum absolute atomic E-state index is 0.0214. The number of hydrogen-bond acceptors (Lipinski definition) is 4. The lowest BCUT2D eigenvalue weighted by molar-refractivity contribution is -0.0303. The maximum Gasteiger partial charge on any atom is 0.215 e. The Balaban J connectivity index is 1.35. The van der Waals surface area contributed by atoms with Gasteiger partial charge in [0.15, 0.2) is 0 Å². The summed E-state index contributed by atoms with van der Waals surface area (Å²) >= 11 is 5.83. The Morgan fingerprint density at radius 3 is 2.57 bits per heavy atom. The molecule has 1 atom stereocenters. The van der Waals surface area contributed by atoms with Crippen molar-refractivity contribution < 1.29 is 13.2 Å². The second kappa shape index (κ2) is 10.4. The Morgan fingerprint density at radius 1 is 1.07 bits per heavy atom. The van der Waals surface area contributed by atoms with E-state index in [1.54, 1.807) is 24.3 Å². The van der Waals surface area contributed by atoms with Crippen LogP contribution in [0.1, 0.15) is 30.1 Å². The van der Waals surface area contributed by atoms with E-state index in [2.05, 4.69) is 21.8 Å². The van der Waals surface area contributed by atoms with E-state index in [9.17, 15) is 8.42 Å². The van der Waals surface area contributed by atoms with E-state index in [0.717, 1.165) is 44.6 Å². The van der Waals surface area contributed by atoms with E-state index >= 15 is 0 Å². The summed E-state index contributed by atoms with van der Waals surface area (Å²) in [4.78, 5) is 2.39. The summed E-state index contributed by atoms with van der Waals surface area (Å²) in [7, 11) is -3.32. The van der Waals surface area contributed by atoms with Gasteiger partial charge in [-0.05, 0) is 42.6 Å². The standard InChI is InChI=1S/C21H27ClN2O3S/c22-20-10-8-18(9-11-20)17-28(25,26)23-12-4-5-13-24-14-15-27-21(16-24)19-6-2-1-3-7-19/h1-3,6-11,21,23H,4-5,12-17H2. The van der Waals surface area contributed by atoms with E-state index in [1.807, 2.05) is 18.2 Å². The number of morpholine rings is 1. The molecular weight excluding hydrogens is 396 g/mol. The van der Waals surface area contributed by atoms with Gasteiger partial charge >= 0.3 is 0 Å². The maximum atomic E-state index is 12.2. The topological polar surface area (TPSA) is 58.6 Å². The summed E-state index contributed by atoms with van der Waals surface area (Å²) in [5, 5.41) is 0.603. The zero-order valence-corrected chi connectivity index (χ0v) is 17.5. The Bertz CT molecular complexity index is 828. The van der Waals surface area contributed by atoms with E-state index in [1.165, 1.54) is 5.56 Å². The molecular formula is C21H27ClN2O3S. The predicted molar refractivity (Wildman–Crippen MR) is 113 cm³/mol. The molecule has 0 aliphatic carbocycles. The number of benzene rings is 2. The molecule has 2 aromatic carbocycles. The molecule has 0 radical (unpaired) electrons. The molecule has 5 nitrogen and oxygen atoms in total. The van der Waals surface area contributed by atoms with Crippen molar-refractivity contribution in [1.82, 2.24) is 9.62 Å². The second-order valence-electron chi connectivity index (χ2n) is 7.06. The Kier molecular flexibility index (Phi) is 7.88. The van der Waals surface area contributed by atoms with Crippen LogP contribution in [0.4, 0.5) is 0 Å². The fraction of sp³-hybridized carbons (Fsp3) is 0.429. The molecule has 0 bridgehead atoms. The van der Waals surface area contributed by atoms with E-state index < -0.39 is 10.0 Å². The number of rotatable bonds is 9. The van der Waals surface area contributed by atoms with Gasteiger partial charge in [0.25, 0.3) is 0 Å². The molecule has 152 valence electrons. The van der Waals surface area contributed by atoms with Crippen LogP contribution >= 0.6 is 11.6 Å². The average molecular weight is 423 g/mol. The molecule has 1 saturated heterocycles. The van der Waals surface area contributed by atoms with Gasteiger partial charge in [-0.2, -0.15) is 0 Å². The summed E-state index contributed by atoms with van der Waals surface area (Å²) in [5.74, 6) is -0.0214. The summed E-state index contributed by atoms with van der Waals surface area (Å²) in [6.07, 6.45) is 1.88. The number of nitrogens with zero attached hydrogens (tertiary/aromatic N) is 1. The van der Waals surface area contributed by atoms with Crippen LogP contribution in [0, 0.1) is 0 Å². The van der Waals surface area contributed by atoms with Crippen LogP contribution in [-0.4, -0.2) is 46.1 Å². The number of unbranched alkanes of at least 4 members (excludes halogenated alkanes) is 1. The van der Waals surface area contributed by atoms with Crippen LogP contribution in [-0.2, 0) is 20.5 Å². The largest absolute Gasteiger partial charge is 0.371 e. The van der Waals surface area contributed by atoms with Gasteiger partial charge in [0.2, 0.25) is 10.0 Å². The molecule has 0 aromatic heterocycles. The third-order valence-electron chi connectivity index (χ3n) is 4.81. The first kappa shape index (κ1) is 21.3. The minimum Gasteiger partial charge on any atom is -0.371 e. The lowest BCUT2D eigenvalue weighted by atomic mass is 10.1. The summed E-state index contributed by atoms with van der Waals surface area (Å²) < 4.78 is 32.9. The van der Waals surface area contributed by atoms with Crippen molar-refractivity contribution in [2.45, 2.75) is 24.7 Å². The molecule has 3 rings (SSSR count). The average Bonchev–Trinajstić information content (AvgIpc) is 2.70. The Morgan fingerprint density at radius 2 is 1.82 bits per heavy atom. The van der Waals surface area contributed by atoms with Crippen molar-refractivity contribution in [3.63, 3.8) is 0 Å². The minimum atomic E-state index is -3.32. The highest BCUT2D eigenvalue weighted by molar-refractivity contribution is 7.88. The van der Waals surface area contributed by atoms with Crippen LogP contribution in [0.2, 0.25) is 5.02 Å². The Hall–Kier alpha value is -1.44. The van der Waals surface area contributed by atoms with Crippen LogP contribution in [0.3, 0.4) is 0 Å². The SMILES string of the molecule is O=S(=O)(Cc1ccc(Cl)cc1)NCCCCN1CCOC(c2ccccc2)C1. The van der Waals surface area contributed by atoms with Crippen molar-refractivity contribution in [3.05, 3.63) is 70.7 Å². The van der Waals surface area contributed by atoms with Crippen LogP contribution in [0.5, 0.6) is 0 Å². The number of halogens is 1. The smallest absolute Gasteiger partial charge is 0.215 e. The number of hydrogen-bond donors (Lipinski definition) is 1. The zero-order chi connectivity index (χ0) is 19.8. The van der Waals surface area contributed by atoms with Crippen molar-refractivity contribution in [2.75, 3.05) is 32.8 Å². The monoisotopic (exact) mass is 422 g/mol. The molecule has 1 unspecified atom stereocenters. The highest BCUT2D eigenvalue weighted by Crippen LogP contribution is 2.22. The molecule has 28 heavy (non-hydrogen) atoms. The molecule has 2 aromatic rings. The molecule has 7 heteroatoms. The molecule has 0 amide bonds. The third kappa shape index (κ3) is 6.87. The fourth-order valence-corrected chi connectivity index (χ4v) is 4.63. The zero-order valence-electron chi connectivity index (χ0n) is 15.9. The lowest BCUT2D eigenvalue weighted by Gasteiger charge is -2.33. The van der Waals surface area contributed by atoms with Gasteiger partial charge in [-0.3, -0.25) is 4.90 Å². The molecule has 1 N–H and O–H groups in total. The molecule has 1 aliphatic heterocycles. The van der Waals surface area contributed by atoms with Gasteiger partial charge in [-0.1, -0.05) is 54.1 Å². The molecule has 0 saturated carbocycles. The van der Waals surface area contributed by atoms with Gasteiger partial charge < -0.3 is 4.74 Å². The highest BCUT2D eigenvalue weighted by atomic mass is 35.5. The van der Waals surface area contributed by atoms with Gasteiger partial charge in [0, 0.05) is 24.7 Å². The van der Waals surface area contributed by atoms with Crippen LogP contribution in [0.15, 0.2) is 54.6 Å². The maximum absolute atomic E-state index is 12.2. The van der Waals surface area contributed by atoms with Gasteiger partial charge in [-0.25, -0.2) is 13.1 Å². The highest BCUT2D eigenvalue weighted by Gasteiger charge is 2.21. The molecule has 1 aliphatic rings. The Labute approximate surface area is 172 Å². The van der Waals surface area contributed by atoms with Crippen LogP contribution in [0.25, 0.3) is 0 Å².